The second-order valence-electron chi connectivity index (χ2n) is 8.41. The van der Waals surface area contributed by atoms with Crippen LogP contribution in [0.2, 0.25) is 0 Å². The Kier molecular flexibility index (Phi) is 8.79. The molecular weight excluding hydrogens is 431 g/mol. The molecule has 0 aliphatic carbocycles. The molecule has 1 N–H and O–H groups in total. The summed E-state index contributed by atoms with van der Waals surface area (Å²) in [6.07, 6.45) is 0.295. The molecule has 2 amide bonds. The second kappa shape index (κ2) is 12.0. The van der Waals surface area contributed by atoms with Crippen LogP contribution >= 0.6 is 0 Å². The van der Waals surface area contributed by atoms with Gasteiger partial charge in [0, 0.05) is 25.6 Å². The van der Waals surface area contributed by atoms with Crippen molar-refractivity contribution in [1.82, 2.24) is 10.2 Å². The lowest BCUT2D eigenvalue weighted by Gasteiger charge is -2.31. The van der Waals surface area contributed by atoms with E-state index in [0.29, 0.717) is 17.7 Å². The van der Waals surface area contributed by atoms with Crippen molar-refractivity contribution in [3.8, 4) is 5.75 Å². The predicted molar refractivity (Wildman–Crippen MR) is 131 cm³/mol. The molecule has 5 nitrogen and oxygen atoms in total. The summed E-state index contributed by atoms with van der Waals surface area (Å²) < 4.78 is 20.4. The number of carbonyl (C=O) groups is 2. The lowest BCUT2D eigenvalue weighted by atomic mass is 10.0. The van der Waals surface area contributed by atoms with Crippen LogP contribution in [0.4, 0.5) is 4.39 Å². The molecular formula is C28H31FN2O3. The zero-order valence-corrected chi connectivity index (χ0v) is 19.8. The minimum absolute atomic E-state index is 0.0500. The highest BCUT2D eigenvalue weighted by Crippen LogP contribution is 2.26. The molecule has 178 valence electrons. The standard InChI is InChI=1S/C28H31FN2O3/c1-20(2)23-14-8-10-16-26(23)34-19-27(32)31(18-22-13-7-9-15-24(22)29)25(28(33)30-3)17-21-11-5-4-6-12-21/h4-16,20,25H,17-19H2,1-3H3,(H,30,33)/t25-/m1/s1. The van der Waals surface area contributed by atoms with Crippen molar-refractivity contribution in [2.24, 2.45) is 0 Å². The van der Waals surface area contributed by atoms with Gasteiger partial charge in [-0.3, -0.25) is 9.59 Å². The zero-order chi connectivity index (χ0) is 24.5. The number of ether oxygens (including phenoxy) is 1. The van der Waals surface area contributed by atoms with Crippen molar-refractivity contribution >= 4 is 11.8 Å². The summed E-state index contributed by atoms with van der Waals surface area (Å²) in [6.45, 7) is 3.79. The molecule has 0 aromatic heterocycles. The van der Waals surface area contributed by atoms with Gasteiger partial charge in [-0.25, -0.2) is 4.39 Å². The summed E-state index contributed by atoms with van der Waals surface area (Å²) in [6, 6.07) is 22.5. The van der Waals surface area contributed by atoms with Crippen molar-refractivity contribution in [3.05, 3.63) is 101 Å². The number of nitrogens with one attached hydrogen (secondary N) is 1. The van der Waals surface area contributed by atoms with Gasteiger partial charge >= 0.3 is 0 Å². The summed E-state index contributed by atoms with van der Waals surface area (Å²) in [5.41, 5.74) is 2.22. The second-order valence-corrected chi connectivity index (χ2v) is 8.41. The highest BCUT2D eigenvalue weighted by atomic mass is 19.1. The summed E-state index contributed by atoms with van der Waals surface area (Å²) in [5, 5.41) is 2.65. The van der Waals surface area contributed by atoms with Gasteiger partial charge in [0.1, 0.15) is 17.6 Å². The van der Waals surface area contributed by atoms with Gasteiger partial charge in [-0.2, -0.15) is 0 Å². The quantitative estimate of drug-likeness (QED) is 0.475. The Bertz CT molecular complexity index is 1100. The number of nitrogens with zero attached hydrogens (tertiary/aromatic N) is 1. The van der Waals surface area contributed by atoms with E-state index < -0.39 is 17.8 Å². The molecule has 0 aliphatic heterocycles. The van der Waals surface area contributed by atoms with Gasteiger partial charge in [-0.15, -0.1) is 0 Å². The van der Waals surface area contributed by atoms with Gasteiger partial charge in [0.05, 0.1) is 0 Å². The van der Waals surface area contributed by atoms with Crippen molar-refractivity contribution < 1.29 is 18.7 Å². The third kappa shape index (κ3) is 6.44. The van der Waals surface area contributed by atoms with Crippen LogP contribution in [0.5, 0.6) is 5.75 Å². The Morgan fingerprint density at radius 2 is 1.59 bits per heavy atom. The van der Waals surface area contributed by atoms with E-state index in [1.54, 1.807) is 18.2 Å². The summed E-state index contributed by atoms with van der Waals surface area (Å²) in [4.78, 5) is 27.8. The topological polar surface area (TPSA) is 58.6 Å². The van der Waals surface area contributed by atoms with E-state index in [-0.39, 0.29) is 25.0 Å². The van der Waals surface area contributed by atoms with E-state index in [1.807, 2.05) is 54.6 Å². The number of carbonyl (C=O) groups excluding carboxylic acids is 2. The lowest BCUT2D eigenvalue weighted by molar-refractivity contribution is -0.142. The Morgan fingerprint density at radius 3 is 2.26 bits per heavy atom. The van der Waals surface area contributed by atoms with Gasteiger partial charge < -0.3 is 15.0 Å². The molecule has 0 spiro atoms. The van der Waals surface area contributed by atoms with Crippen LogP contribution in [-0.4, -0.2) is 36.4 Å². The van der Waals surface area contributed by atoms with E-state index in [0.717, 1.165) is 11.1 Å². The fourth-order valence-electron chi connectivity index (χ4n) is 3.84. The molecule has 1 atom stereocenters. The molecule has 0 heterocycles. The number of rotatable bonds is 10. The van der Waals surface area contributed by atoms with Crippen LogP contribution in [0.1, 0.15) is 36.5 Å². The molecule has 3 aromatic rings. The van der Waals surface area contributed by atoms with Crippen LogP contribution < -0.4 is 10.1 Å². The first-order chi connectivity index (χ1) is 16.4. The van der Waals surface area contributed by atoms with Gasteiger partial charge in [-0.1, -0.05) is 80.6 Å². The molecule has 0 radical (unpaired) electrons. The Balaban J connectivity index is 1.90. The molecule has 34 heavy (non-hydrogen) atoms. The van der Waals surface area contributed by atoms with E-state index in [9.17, 15) is 14.0 Å². The number of benzene rings is 3. The van der Waals surface area contributed by atoms with Crippen LogP contribution in [0.15, 0.2) is 78.9 Å². The molecule has 0 unspecified atom stereocenters. The Labute approximate surface area is 200 Å². The molecule has 0 saturated carbocycles. The molecule has 0 fully saturated rings. The molecule has 3 rings (SSSR count). The van der Waals surface area contributed by atoms with Crippen molar-refractivity contribution in [2.75, 3.05) is 13.7 Å². The minimum Gasteiger partial charge on any atom is -0.483 e. The minimum atomic E-state index is -0.830. The zero-order valence-electron chi connectivity index (χ0n) is 19.8. The average Bonchev–Trinajstić information content (AvgIpc) is 2.86. The number of likely N-dealkylation sites (N-methyl/N-ethyl adjacent to an activating group) is 1. The maximum Gasteiger partial charge on any atom is 0.261 e. The highest BCUT2D eigenvalue weighted by Gasteiger charge is 2.30. The molecule has 0 saturated heterocycles. The average molecular weight is 463 g/mol. The normalized spacial score (nSPS) is 11.7. The number of para-hydroxylation sites is 1. The maximum atomic E-state index is 14.5. The van der Waals surface area contributed by atoms with E-state index in [4.69, 9.17) is 4.74 Å². The SMILES string of the molecule is CNC(=O)[C@@H](Cc1ccccc1)N(Cc1ccccc1F)C(=O)COc1ccccc1C(C)C. The highest BCUT2D eigenvalue weighted by molar-refractivity contribution is 5.88. The van der Waals surface area contributed by atoms with E-state index >= 15 is 0 Å². The third-order valence-corrected chi connectivity index (χ3v) is 5.71. The first-order valence-corrected chi connectivity index (χ1v) is 11.4. The molecule has 0 bridgehead atoms. The molecule has 0 aliphatic rings. The van der Waals surface area contributed by atoms with Crippen molar-refractivity contribution in [1.29, 1.82) is 0 Å². The smallest absolute Gasteiger partial charge is 0.261 e. The Morgan fingerprint density at radius 1 is 0.941 bits per heavy atom. The number of hydrogen-bond donors (Lipinski definition) is 1. The number of amides is 2. The fraction of sp³-hybridized carbons (Fsp3) is 0.286. The number of halogens is 1. The molecule has 3 aromatic carbocycles. The van der Waals surface area contributed by atoms with Crippen molar-refractivity contribution in [2.45, 2.75) is 38.8 Å². The van der Waals surface area contributed by atoms with E-state index in [2.05, 4.69) is 19.2 Å². The van der Waals surface area contributed by atoms with Gasteiger partial charge in [-0.05, 0) is 29.2 Å². The molecule has 6 heteroatoms. The van der Waals surface area contributed by atoms with Crippen LogP contribution in [0, 0.1) is 5.82 Å². The van der Waals surface area contributed by atoms with E-state index in [1.165, 1.54) is 18.0 Å². The summed E-state index contributed by atoms with van der Waals surface area (Å²) in [5.74, 6) is -0.307. The van der Waals surface area contributed by atoms with Gasteiger partial charge in [0.15, 0.2) is 6.61 Å². The van der Waals surface area contributed by atoms with Crippen molar-refractivity contribution in [3.63, 3.8) is 0 Å². The first-order valence-electron chi connectivity index (χ1n) is 11.4. The lowest BCUT2D eigenvalue weighted by Crippen LogP contribution is -2.51. The Hall–Kier alpha value is -3.67. The maximum absolute atomic E-state index is 14.5. The largest absolute Gasteiger partial charge is 0.483 e. The number of hydrogen-bond acceptors (Lipinski definition) is 3. The fourth-order valence-corrected chi connectivity index (χ4v) is 3.84. The van der Waals surface area contributed by atoms with Crippen LogP contribution in [0.3, 0.4) is 0 Å². The summed E-state index contributed by atoms with van der Waals surface area (Å²) in [7, 11) is 1.53. The summed E-state index contributed by atoms with van der Waals surface area (Å²) >= 11 is 0. The monoisotopic (exact) mass is 462 g/mol. The predicted octanol–water partition coefficient (Wildman–Crippen LogP) is 4.71. The van der Waals surface area contributed by atoms with Crippen LogP contribution in [0.25, 0.3) is 0 Å². The van der Waals surface area contributed by atoms with Crippen LogP contribution in [-0.2, 0) is 22.6 Å². The third-order valence-electron chi connectivity index (χ3n) is 5.71. The van der Waals surface area contributed by atoms with Gasteiger partial charge in [0.2, 0.25) is 5.91 Å². The first kappa shape index (κ1) is 25.0. The van der Waals surface area contributed by atoms with Gasteiger partial charge in [0.25, 0.3) is 5.91 Å².